The summed E-state index contributed by atoms with van der Waals surface area (Å²) in [6.07, 6.45) is 0. The van der Waals surface area contributed by atoms with Crippen molar-refractivity contribution in [3.8, 4) is 0 Å². The van der Waals surface area contributed by atoms with E-state index in [9.17, 15) is 9.18 Å². The molecule has 0 heterocycles. The maximum absolute atomic E-state index is 13.1. The van der Waals surface area contributed by atoms with Crippen molar-refractivity contribution >= 4 is 17.3 Å². The van der Waals surface area contributed by atoms with Crippen molar-refractivity contribution in [2.75, 3.05) is 44.4 Å². The van der Waals surface area contributed by atoms with Gasteiger partial charge in [0.15, 0.2) is 0 Å². The van der Waals surface area contributed by atoms with Crippen molar-refractivity contribution in [3.63, 3.8) is 0 Å². The van der Waals surface area contributed by atoms with Crippen LogP contribution in [-0.2, 0) is 9.53 Å². The van der Waals surface area contributed by atoms with E-state index in [0.717, 1.165) is 6.54 Å². The lowest BCUT2D eigenvalue weighted by atomic mass is 10.2. The van der Waals surface area contributed by atoms with Gasteiger partial charge in [-0.05, 0) is 24.7 Å². The first kappa shape index (κ1) is 15.4. The third-order valence-corrected chi connectivity index (χ3v) is 2.72. The summed E-state index contributed by atoms with van der Waals surface area (Å²) in [6.45, 7) is 4.13. The summed E-state index contributed by atoms with van der Waals surface area (Å²) in [5.74, 6) is -0.661. The van der Waals surface area contributed by atoms with Gasteiger partial charge in [-0.2, -0.15) is 0 Å². The molecule has 0 saturated heterocycles. The van der Waals surface area contributed by atoms with Gasteiger partial charge in [0, 0.05) is 13.7 Å². The van der Waals surface area contributed by atoms with E-state index in [-0.39, 0.29) is 12.5 Å². The van der Waals surface area contributed by atoms with Crippen LogP contribution in [-0.4, -0.2) is 44.2 Å². The van der Waals surface area contributed by atoms with Gasteiger partial charge in [-0.25, -0.2) is 4.39 Å². The zero-order chi connectivity index (χ0) is 14.3. The molecule has 106 valence electrons. The van der Waals surface area contributed by atoms with Gasteiger partial charge in [-0.1, -0.05) is 6.92 Å². The summed E-state index contributed by atoms with van der Waals surface area (Å²) in [5, 5.41) is 2.61. The number of ether oxygens (including phenoxy) is 1. The smallest absolute Gasteiger partial charge is 0.238 e. The molecule has 0 atom stereocenters. The second-order valence-electron chi connectivity index (χ2n) is 4.14. The zero-order valence-electron chi connectivity index (χ0n) is 11.3. The Balaban J connectivity index is 2.56. The Morgan fingerprint density at radius 2 is 2.26 bits per heavy atom. The van der Waals surface area contributed by atoms with Gasteiger partial charge in [-0.3, -0.25) is 9.69 Å². The number of nitrogens with two attached hydrogens (primary N) is 1. The van der Waals surface area contributed by atoms with Gasteiger partial charge < -0.3 is 15.8 Å². The molecule has 0 fully saturated rings. The van der Waals surface area contributed by atoms with E-state index >= 15 is 0 Å². The minimum Gasteiger partial charge on any atom is -0.397 e. The molecule has 0 unspecified atom stereocenters. The molecule has 0 aliphatic rings. The van der Waals surface area contributed by atoms with Gasteiger partial charge in [0.1, 0.15) is 5.82 Å². The molecule has 1 amide bonds. The molecule has 6 heteroatoms. The van der Waals surface area contributed by atoms with Crippen LogP contribution in [0.2, 0.25) is 0 Å². The van der Waals surface area contributed by atoms with E-state index in [1.807, 2.05) is 11.8 Å². The topological polar surface area (TPSA) is 67.6 Å². The summed E-state index contributed by atoms with van der Waals surface area (Å²) < 4.78 is 18.0. The molecule has 0 aromatic heterocycles. The number of rotatable bonds is 7. The number of anilines is 2. The quantitative estimate of drug-likeness (QED) is 0.732. The Morgan fingerprint density at radius 3 is 2.89 bits per heavy atom. The molecule has 0 bridgehead atoms. The number of nitrogens with one attached hydrogen (secondary N) is 1. The lowest BCUT2D eigenvalue weighted by Gasteiger charge is -2.19. The van der Waals surface area contributed by atoms with Gasteiger partial charge in [0.25, 0.3) is 0 Å². The number of benzene rings is 1. The second kappa shape index (κ2) is 7.70. The summed E-state index contributed by atoms with van der Waals surface area (Å²) in [5.41, 5.74) is 6.31. The minimum absolute atomic E-state index is 0.218. The fourth-order valence-corrected chi connectivity index (χ4v) is 1.60. The minimum atomic E-state index is -0.434. The standard InChI is InChI=1S/C13H20FN3O2/c1-3-17(6-7-19-2)9-13(18)16-12-8-10(14)4-5-11(12)15/h4-5,8H,3,6-7,9,15H2,1-2H3,(H,16,18). The van der Waals surface area contributed by atoms with Gasteiger partial charge >= 0.3 is 0 Å². The number of hydrogen-bond acceptors (Lipinski definition) is 4. The first-order chi connectivity index (χ1) is 9.06. The van der Waals surface area contributed by atoms with Crippen molar-refractivity contribution < 1.29 is 13.9 Å². The van der Waals surface area contributed by atoms with Crippen LogP contribution < -0.4 is 11.1 Å². The van der Waals surface area contributed by atoms with Crippen molar-refractivity contribution in [2.24, 2.45) is 0 Å². The molecule has 1 aromatic carbocycles. The molecule has 19 heavy (non-hydrogen) atoms. The molecule has 0 spiro atoms. The Labute approximate surface area is 112 Å². The van der Waals surface area contributed by atoms with Crippen LogP contribution >= 0.6 is 0 Å². The van der Waals surface area contributed by atoms with Gasteiger partial charge in [0.05, 0.1) is 24.5 Å². The number of halogens is 1. The van der Waals surface area contributed by atoms with Crippen LogP contribution in [0.4, 0.5) is 15.8 Å². The third-order valence-electron chi connectivity index (χ3n) is 2.72. The lowest BCUT2D eigenvalue weighted by Crippen LogP contribution is -2.35. The van der Waals surface area contributed by atoms with E-state index in [1.54, 1.807) is 7.11 Å². The number of hydrogen-bond donors (Lipinski definition) is 2. The maximum atomic E-state index is 13.1. The van der Waals surface area contributed by atoms with Gasteiger partial charge in [-0.15, -0.1) is 0 Å². The first-order valence-corrected chi connectivity index (χ1v) is 6.13. The summed E-state index contributed by atoms with van der Waals surface area (Å²) >= 11 is 0. The van der Waals surface area contributed by atoms with Crippen molar-refractivity contribution in [1.29, 1.82) is 0 Å². The predicted octanol–water partition coefficient (Wildman–Crippen LogP) is 1.31. The van der Waals surface area contributed by atoms with E-state index in [0.29, 0.717) is 24.5 Å². The maximum Gasteiger partial charge on any atom is 0.238 e. The van der Waals surface area contributed by atoms with Crippen LogP contribution in [0.1, 0.15) is 6.92 Å². The SMILES string of the molecule is CCN(CCOC)CC(=O)Nc1cc(F)ccc1N. The molecular formula is C13H20FN3O2. The number of nitrogen functional groups attached to an aromatic ring is 1. The second-order valence-corrected chi connectivity index (χ2v) is 4.14. The molecule has 3 N–H and O–H groups in total. The van der Waals surface area contributed by atoms with E-state index in [1.165, 1.54) is 18.2 Å². The highest BCUT2D eigenvalue weighted by Gasteiger charge is 2.10. The average Bonchev–Trinajstić information content (AvgIpc) is 2.38. The number of carbonyl (C=O) groups excluding carboxylic acids is 1. The Hall–Kier alpha value is -1.66. The highest BCUT2D eigenvalue weighted by molar-refractivity contribution is 5.95. The highest BCUT2D eigenvalue weighted by Crippen LogP contribution is 2.18. The fraction of sp³-hybridized carbons (Fsp3) is 0.462. The largest absolute Gasteiger partial charge is 0.397 e. The third kappa shape index (κ3) is 5.23. The van der Waals surface area contributed by atoms with E-state index in [4.69, 9.17) is 10.5 Å². The number of methoxy groups -OCH3 is 1. The molecule has 5 nitrogen and oxygen atoms in total. The van der Waals surface area contributed by atoms with Crippen LogP contribution in [0.25, 0.3) is 0 Å². The molecule has 0 radical (unpaired) electrons. The van der Waals surface area contributed by atoms with Crippen molar-refractivity contribution in [2.45, 2.75) is 6.92 Å². The summed E-state index contributed by atoms with van der Waals surface area (Å²) in [6, 6.07) is 3.88. The zero-order valence-corrected chi connectivity index (χ0v) is 11.3. The van der Waals surface area contributed by atoms with Crippen LogP contribution in [0.15, 0.2) is 18.2 Å². The number of carbonyl (C=O) groups is 1. The number of likely N-dealkylation sites (N-methyl/N-ethyl adjacent to an activating group) is 1. The lowest BCUT2D eigenvalue weighted by molar-refractivity contribution is -0.117. The first-order valence-electron chi connectivity index (χ1n) is 6.13. The van der Waals surface area contributed by atoms with E-state index in [2.05, 4.69) is 5.32 Å². The fourth-order valence-electron chi connectivity index (χ4n) is 1.60. The monoisotopic (exact) mass is 269 g/mol. The van der Waals surface area contributed by atoms with E-state index < -0.39 is 5.82 Å². The van der Waals surface area contributed by atoms with Crippen LogP contribution in [0, 0.1) is 5.82 Å². The predicted molar refractivity (Wildman–Crippen MR) is 73.4 cm³/mol. The summed E-state index contributed by atoms with van der Waals surface area (Å²) in [4.78, 5) is 13.8. The molecule has 0 aliphatic heterocycles. The molecule has 0 saturated carbocycles. The Morgan fingerprint density at radius 1 is 1.53 bits per heavy atom. The number of amides is 1. The van der Waals surface area contributed by atoms with Gasteiger partial charge in [0.2, 0.25) is 5.91 Å². The molecule has 1 aromatic rings. The molecular weight excluding hydrogens is 249 g/mol. The molecule has 1 rings (SSSR count). The van der Waals surface area contributed by atoms with Crippen molar-refractivity contribution in [1.82, 2.24) is 4.90 Å². The highest BCUT2D eigenvalue weighted by atomic mass is 19.1. The van der Waals surface area contributed by atoms with Crippen molar-refractivity contribution in [3.05, 3.63) is 24.0 Å². The summed E-state index contributed by atoms with van der Waals surface area (Å²) in [7, 11) is 1.61. The average molecular weight is 269 g/mol. The molecule has 0 aliphatic carbocycles. The Kier molecular flexibility index (Phi) is 6.24. The number of nitrogens with zero attached hydrogens (tertiary/aromatic N) is 1. The normalized spacial score (nSPS) is 10.7. The van der Waals surface area contributed by atoms with Crippen LogP contribution in [0.3, 0.4) is 0 Å². The Bertz CT molecular complexity index is 426. The van der Waals surface area contributed by atoms with Crippen LogP contribution in [0.5, 0.6) is 0 Å².